The Balaban J connectivity index is 1.97. The molecule has 0 heterocycles. The molecular formula is C27H31ClN2O4S. The van der Waals surface area contributed by atoms with Crippen LogP contribution < -0.4 is 14.4 Å². The van der Waals surface area contributed by atoms with Gasteiger partial charge in [0.15, 0.2) is 0 Å². The molecule has 35 heavy (non-hydrogen) atoms. The number of benzene rings is 3. The molecule has 1 atom stereocenters. The van der Waals surface area contributed by atoms with E-state index in [1.165, 1.54) is 18.7 Å². The lowest BCUT2D eigenvalue weighted by atomic mass is 9.96. The summed E-state index contributed by atoms with van der Waals surface area (Å²) in [6, 6.07) is 15.1. The van der Waals surface area contributed by atoms with Crippen molar-refractivity contribution >= 4 is 33.2 Å². The Labute approximate surface area is 212 Å². The molecule has 0 aliphatic rings. The molecule has 0 aliphatic heterocycles. The number of nitrogens with one attached hydrogen (secondary N) is 1. The van der Waals surface area contributed by atoms with Crippen LogP contribution in [0.1, 0.15) is 40.8 Å². The van der Waals surface area contributed by atoms with Crippen molar-refractivity contribution in [3.05, 3.63) is 87.4 Å². The highest BCUT2D eigenvalue weighted by Gasteiger charge is 2.30. The first-order valence-corrected chi connectivity index (χ1v) is 13.1. The summed E-state index contributed by atoms with van der Waals surface area (Å²) < 4.78 is 34.0. The van der Waals surface area contributed by atoms with Crippen LogP contribution >= 0.6 is 11.6 Å². The second-order valence-corrected chi connectivity index (χ2v) is 11.0. The first kappa shape index (κ1) is 26.6. The number of halogens is 1. The van der Waals surface area contributed by atoms with Gasteiger partial charge in [0.1, 0.15) is 17.2 Å². The van der Waals surface area contributed by atoms with Gasteiger partial charge in [0.05, 0.1) is 18.8 Å². The molecule has 0 unspecified atom stereocenters. The minimum atomic E-state index is -4.14. The van der Waals surface area contributed by atoms with Gasteiger partial charge in [-0.25, -0.2) is 8.42 Å². The van der Waals surface area contributed by atoms with Crippen molar-refractivity contribution in [1.82, 2.24) is 5.32 Å². The third kappa shape index (κ3) is 5.97. The van der Waals surface area contributed by atoms with Crippen LogP contribution in [-0.2, 0) is 14.8 Å². The van der Waals surface area contributed by atoms with Crippen molar-refractivity contribution in [3.63, 3.8) is 0 Å². The maximum absolute atomic E-state index is 13.8. The molecule has 0 fully saturated rings. The number of methoxy groups -OCH3 is 1. The van der Waals surface area contributed by atoms with E-state index < -0.39 is 22.5 Å². The van der Waals surface area contributed by atoms with Gasteiger partial charge in [-0.1, -0.05) is 29.8 Å². The molecule has 0 spiro atoms. The van der Waals surface area contributed by atoms with E-state index in [4.69, 9.17) is 16.3 Å². The lowest BCUT2D eigenvalue weighted by Crippen LogP contribution is -2.41. The average molecular weight is 515 g/mol. The van der Waals surface area contributed by atoms with Crippen LogP contribution in [0.3, 0.4) is 0 Å². The molecule has 1 amide bonds. The normalized spacial score (nSPS) is 12.2. The second-order valence-electron chi connectivity index (χ2n) is 8.72. The molecule has 0 radical (unpaired) electrons. The summed E-state index contributed by atoms with van der Waals surface area (Å²) in [7, 11) is -2.73. The van der Waals surface area contributed by atoms with Crippen molar-refractivity contribution in [2.75, 3.05) is 18.0 Å². The monoisotopic (exact) mass is 514 g/mol. The van der Waals surface area contributed by atoms with Crippen molar-refractivity contribution in [3.8, 4) is 5.75 Å². The van der Waals surface area contributed by atoms with E-state index in [2.05, 4.69) is 17.4 Å². The zero-order valence-corrected chi connectivity index (χ0v) is 22.4. The van der Waals surface area contributed by atoms with Crippen LogP contribution in [0, 0.1) is 27.7 Å². The Bertz CT molecular complexity index is 1340. The molecule has 0 bridgehead atoms. The Morgan fingerprint density at radius 1 is 0.971 bits per heavy atom. The smallest absolute Gasteiger partial charge is 0.268 e. The van der Waals surface area contributed by atoms with E-state index in [9.17, 15) is 13.2 Å². The fraction of sp³-hybridized carbons (Fsp3) is 0.296. The number of nitrogens with zero attached hydrogens (tertiary/aromatic N) is 1. The van der Waals surface area contributed by atoms with Crippen molar-refractivity contribution in [2.24, 2.45) is 0 Å². The predicted octanol–water partition coefficient (Wildman–Crippen LogP) is 5.65. The third-order valence-corrected chi connectivity index (χ3v) is 8.06. The van der Waals surface area contributed by atoms with Crippen LogP contribution in [0.2, 0.25) is 5.02 Å². The molecule has 8 heteroatoms. The molecule has 3 aromatic carbocycles. The van der Waals surface area contributed by atoms with E-state index in [-0.39, 0.29) is 16.7 Å². The van der Waals surface area contributed by atoms with Gasteiger partial charge in [0.25, 0.3) is 10.0 Å². The van der Waals surface area contributed by atoms with Gasteiger partial charge in [-0.2, -0.15) is 0 Å². The molecule has 3 aromatic rings. The van der Waals surface area contributed by atoms with Crippen LogP contribution in [0.5, 0.6) is 5.75 Å². The number of carbonyl (C=O) groups is 1. The van der Waals surface area contributed by atoms with E-state index in [1.807, 2.05) is 27.7 Å². The van der Waals surface area contributed by atoms with Gasteiger partial charge < -0.3 is 10.1 Å². The van der Waals surface area contributed by atoms with Crippen LogP contribution in [0.4, 0.5) is 5.69 Å². The summed E-state index contributed by atoms with van der Waals surface area (Å²) in [5.41, 5.74) is 5.43. The highest BCUT2D eigenvalue weighted by molar-refractivity contribution is 7.93. The summed E-state index contributed by atoms with van der Waals surface area (Å²) in [5, 5.41) is 3.42. The van der Waals surface area contributed by atoms with Gasteiger partial charge in [-0.05, 0) is 98.8 Å². The zero-order chi connectivity index (χ0) is 25.9. The van der Waals surface area contributed by atoms with Gasteiger partial charge in [0.2, 0.25) is 5.91 Å². The van der Waals surface area contributed by atoms with E-state index in [0.29, 0.717) is 10.7 Å². The van der Waals surface area contributed by atoms with Crippen molar-refractivity contribution in [1.29, 1.82) is 0 Å². The van der Waals surface area contributed by atoms with Crippen LogP contribution in [0.15, 0.2) is 59.5 Å². The molecule has 0 saturated carbocycles. The molecule has 0 aromatic heterocycles. The molecule has 3 rings (SSSR count). The molecule has 6 nitrogen and oxygen atoms in total. The topological polar surface area (TPSA) is 75.7 Å². The highest BCUT2D eigenvalue weighted by Crippen LogP contribution is 2.31. The highest BCUT2D eigenvalue weighted by atomic mass is 35.5. The van der Waals surface area contributed by atoms with Crippen molar-refractivity contribution < 1.29 is 17.9 Å². The Morgan fingerprint density at radius 2 is 1.60 bits per heavy atom. The Hall–Kier alpha value is -3.03. The van der Waals surface area contributed by atoms with E-state index in [0.717, 1.165) is 26.6 Å². The lowest BCUT2D eigenvalue weighted by molar-refractivity contribution is -0.120. The molecule has 0 aliphatic carbocycles. The summed E-state index contributed by atoms with van der Waals surface area (Å²) in [4.78, 5) is 13.2. The number of rotatable bonds is 8. The number of amides is 1. The molecule has 0 saturated heterocycles. The summed E-state index contributed by atoms with van der Waals surface area (Å²) in [5.74, 6) is -0.227. The Kier molecular flexibility index (Phi) is 8.13. The zero-order valence-electron chi connectivity index (χ0n) is 20.8. The average Bonchev–Trinajstić information content (AvgIpc) is 2.80. The summed E-state index contributed by atoms with van der Waals surface area (Å²) in [6.45, 7) is 9.35. The van der Waals surface area contributed by atoms with Crippen molar-refractivity contribution in [2.45, 2.75) is 45.6 Å². The molecule has 186 valence electrons. The second kappa shape index (κ2) is 10.7. The first-order valence-electron chi connectivity index (χ1n) is 11.2. The molecular weight excluding hydrogens is 484 g/mol. The fourth-order valence-electron chi connectivity index (χ4n) is 3.97. The minimum Gasteiger partial charge on any atom is -0.495 e. The van der Waals surface area contributed by atoms with Gasteiger partial charge in [-0.3, -0.25) is 9.10 Å². The van der Waals surface area contributed by atoms with Gasteiger partial charge in [-0.15, -0.1) is 0 Å². The quantitative estimate of drug-likeness (QED) is 0.421. The van der Waals surface area contributed by atoms with Crippen LogP contribution in [-0.4, -0.2) is 28.0 Å². The van der Waals surface area contributed by atoms with Gasteiger partial charge >= 0.3 is 0 Å². The minimum absolute atomic E-state index is 0.0131. The van der Waals surface area contributed by atoms with Gasteiger partial charge in [0, 0.05) is 5.02 Å². The summed E-state index contributed by atoms with van der Waals surface area (Å²) >= 11 is 6.03. The Morgan fingerprint density at radius 3 is 2.23 bits per heavy atom. The standard InChI is InChI=1S/C27H31ClN2O4S/c1-17-7-12-25(34-6)26(13-17)35(32,33)30(23-10-8-22(28)9-11-23)16-27(31)29-21(5)24-15-19(3)18(2)14-20(24)4/h7-15,21H,16H2,1-6H3,(H,29,31)/t21-/m0/s1. The predicted molar refractivity (Wildman–Crippen MR) is 141 cm³/mol. The maximum atomic E-state index is 13.8. The number of hydrogen-bond acceptors (Lipinski definition) is 4. The van der Waals surface area contributed by atoms with E-state index in [1.54, 1.807) is 43.3 Å². The fourth-order valence-corrected chi connectivity index (χ4v) is 5.76. The third-order valence-electron chi connectivity index (χ3n) is 6.02. The van der Waals surface area contributed by atoms with E-state index >= 15 is 0 Å². The number of anilines is 1. The number of hydrogen-bond donors (Lipinski definition) is 1. The molecule has 1 N–H and O–H groups in total. The van der Waals surface area contributed by atoms with Crippen LogP contribution in [0.25, 0.3) is 0 Å². The SMILES string of the molecule is COc1ccc(C)cc1S(=O)(=O)N(CC(=O)N[C@@H](C)c1cc(C)c(C)cc1C)c1ccc(Cl)cc1. The number of aryl methyl sites for hydroxylation is 4. The first-order chi connectivity index (χ1) is 16.4. The summed E-state index contributed by atoms with van der Waals surface area (Å²) in [6.07, 6.45) is 0. The largest absolute Gasteiger partial charge is 0.495 e. The maximum Gasteiger partial charge on any atom is 0.268 e. The number of carbonyl (C=O) groups excluding carboxylic acids is 1. The lowest BCUT2D eigenvalue weighted by Gasteiger charge is -2.26. The number of ether oxygens (including phenoxy) is 1. The number of sulfonamides is 1.